The minimum Gasteiger partial charge on any atom is -0.497 e. The topological polar surface area (TPSA) is 98.6 Å². The Balaban J connectivity index is 1.44. The van der Waals surface area contributed by atoms with Gasteiger partial charge < -0.3 is 19.7 Å². The second-order valence-corrected chi connectivity index (χ2v) is 10.5. The van der Waals surface area contributed by atoms with Crippen LogP contribution in [0.1, 0.15) is 28.2 Å². The van der Waals surface area contributed by atoms with Gasteiger partial charge in [0, 0.05) is 18.3 Å². The zero-order valence-corrected chi connectivity index (χ0v) is 24.0. The number of anilines is 1. The molecule has 0 spiro atoms. The molecule has 0 fully saturated rings. The molecule has 0 aliphatic carbocycles. The second-order valence-electron chi connectivity index (χ2n) is 9.12. The van der Waals surface area contributed by atoms with Gasteiger partial charge in [0.1, 0.15) is 17.3 Å². The van der Waals surface area contributed by atoms with Crippen LogP contribution < -0.4 is 19.7 Å². The Morgan fingerprint density at radius 2 is 1.88 bits per heavy atom. The van der Waals surface area contributed by atoms with Gasteiger partial charge >= 0.3 is 0 Å². The summed E-state index contributed by atoms with van der Waals surface area (Å²) in [4.78, 5) is 28.0. The summed E-state index contributed by atoms with van der Waals surface area (Å²) in [6.45, 7) is 0.535. The maximum atomic E-state index is 14.3. The van der Waals surface area contributed by atoms with E-state index < -0.39 is 11.7 Å². The average molecular weight is 596 g/mol. The monoisotopic (exact) mass is 595 g/mol. The van der Waals surface area contributed by atoms with Crippen molar-refractivity contribution in [2.24, 2.45) is 0 Å². The SMILES string of the molecule is COc1ccc(OC)c(-n2c(CNC(=O)c3c(F)cccc3Cl)nnc2SCC(=O)N2CCCc3ccccc32)c1. The molecule has 1 aliphatic heterocycles. The highest BCUT2D eigenvalue weighted by atomic mass is 35.5. The highest BCUT2D eigenvalue weighted by Crippen LogP contribution is 2.33. The summed E-state index contributed by atoms with van der Waals surface area (Å²) in [5.74, 6) is -0.00828. The number of halogens is 2. The van der Waals surface area contributed by atoms with Crippen molar-refractivity contribution in [2.45, 2.75) is 24.5 Å². The van der Waals surface area contributed by atoms with E-state index in [1.54, 1.807) is 34.8 Å². The normalized spacial score (nSPS) is 12.5. The molecule has 1 aliphatic rings. The Morgan fingerprint density at radius 1 is 1.05 bits per heavy atom. The number of methoxy groups -OCH3 is 2. The number of benzene rings is 3. The van der Waals surface area contributed by atoms with Crippen molar-refractivity contribution in [1.82, 2.24) is 20.1 Å². The summed E-state index contributed by atoms with van der Waals surface area (Å²) < 4.78 is 27.0. The van der Waals surface area contributed by atoms with Gasteiger partial charge in [-0.25, -0.2) is 4.39 Å². The molecule has 0 bridgehead atoms. The zero-order valence-electron chi connectivity index (χ0n) is 22.4. The molecule has 1 aromatic heterocycles. The van der Waals surface area contributed by atoms with E-state index in [1.807, 2.05) is 24.3 Å². The number of thioether (sulfide) groups is 1. The molecule has 0 atom stereocenters. The standard InChI is InChI=1S/C29H27ClFN5O4S/c1-39-19-12-13-24(40-2)23(15-19)36-25(16-32-28(38)27-20(30)9-5-10-21(27)31)33-34-29(36)41-17-26(37)35-14-6-8-18-7-3-4-11-22(18)35/h3-5,7,9-13,15H,6,8,14,16-17H2,1-2H3,(H,32,38). The van der Waals surface area contributed by atoms with Crippen molar-refractivity contribution in [2.75, 3.05) is 31.4 Å². The van der Waals surface area contributed by atoms with Gasteiger partial charge in [0.2, 0.25) is 5.91 Å². The molecule has 41 heavy (non-hydrogen) atoms. The van der Waals surface area contributed by atoms with Gasteiger partial charge in [0.05, 0.1) is 42.8 Å². The number of hydrogen-bond donors (Lipinski definition) is 1. The lowest BCUT2D eigenvalue weighted by molar-refractivity contribution is -0.116. The van der Waals surface area contributed by atoms with Gasteiger partial charge in [0.15, 0.2) is 11.0 Å². The third kappa shape index (κ3) is 6.01. The van der Waals surface area contributed by atoms with Crippen LogP contribution in [-0.4, -0.2) is 53.1 Å². The second kappa shape index (κ2) is 12.6. The number of para-hydroxylation sites is 1. The summed E-state index contributed by atoms with van der Waals surface area (Å²) >= 11 is 7.29. The molecule has 12 heteroatoms. The van der Waals surface area contributed by atoms with Crippen LogP contribution in [0.2, 0.25) is 5.02 Å². The Hall–Kier alpha value is -4.09. The number of amides is 2. The Kier molecular flexibility index (Phi) is 8.75. The molecule has 0 radical (unpaired) electrons. The van der Waals surface area contributed by atoms with Crippen molar-refractivity contribution in [3.63, 3.8) is 0 Å². The molecule has 9 nitrogen and oxygen atoms in total. The molecule has 4 aromatic rings. The minimum atomic E-state index is -0.736. The van der Waals surface area contributed by atoms with Crippen molar-refractivity contribution >= 4 is 40.9 Å². The number of carbonyl (C=O) groups excluding carboxylic acids is 2. The molecule has 212 valence electrons. The maximum Gasteiger partial charge on any atom is 0.256 e. The van der Waals surface area contributed by atoms with E-state index in [-0.39, 0.29) is 28.8 Å². The number of aromatic nitrogens is 3. The molecule has 1 N–H and O–H groups in total. The number of fused-ring (bicyclic) bond motifs is 1. The van der Waals surface area contributed by atoms with Crippen LogP contribution in [0.25, 0.3) is 5.69 Å². The molecule has 2 heterocycles. The zero-order chi connectivity index (χ0) is 28.9. The predicted octanol–water partition coefficient (Wildman–Crippen LogP) is 5.08. The van der Waals surface area contributed by atoms with E-state index in [0.717, 1.165) is 30.2 Å². The number of ether oxygens (including phenoxy) is 2. The summed E-state index contributed by atoms with van der Waals surface area (Å²) in [5, 5.41) is 11.7. The van der Waals surface area contributed by atoms with Gasteiger partial charge in [-0.2, -0.15) is 0 Å². The third-order valence-electron chi connectivity index (χ3n) is 6.66. The summed E-state index contributed by atoms with van der Waals surface area (Å²) in [7, 11) is 3.07. The number of nitrogens with one attached hydrogen (secondary N) is 1. The number of carbonyl (C=O) groups is 2. The first kappa shape index (κ1) is 28.4. The first-order valence-electron chi connectivity index (χ1n) is 12.8. The number of hydrogen-bond acceptors (Lipinski definition) is 7. The van der Waals surface area contributed by atoms with Crippen molar-refractivity contribution in [3.05, 3.63) is 88.5 Å². The number of aryl methyl sites for hydroxylation is 1. The van der Waals surface area contributed by atoms with E-state index in [1.165, 1.54) is 31.0 Å². The quantitative estimate of drug-likeness (QED) is 0.270. The van der Waals surface area contributed by atoms with Crippen molar-refractivity contribution in [1.29, 1.82) is 0 Å². The molecule has 0 saturated heterocycles. The van der Waals surface area contributed by atoms with E-state index in [9.17, 15) is 14.0 Å². The van der Waals surface area contributed by atoms with E-state index in [4.69, 9.17) is 21.1 Å². The van der Waals surface area contributed by atoms with Crippen LogP contribution >= 0.6 is 23.4 Å². The lowest BCUT2D eigenvalue weighted by Crippen LogP contribution is -2.36. The fourth-order valence-electron chi connectivity index (χ4n) is 4.68. The number of rotatable bonds is 9. The van der Waals surface area contributed by atoms with Crippen LogP contribution in [0.15, 0.2) is 65.8 Å². The summed E-state index contributed by atoms with van der Waals surface area (Å²) in [6.07, 6.45) is 1.82. The molecule has 3 aromatic carbocycles. The largest absolute Gasteiger partial charge is 0.497 e. The van der Waals surface area contributed by atoms with Gasteiger partial charge in [-0.15, -0.1) is 10.2 Å². The summed E-state index contributed by atoms with van der Waals surface area (Å²) in [6, 6.07) is 17.2. The Bertz CT molecular complexity index is 1580. The average Bonchev–Trinajstić information content (AvgIpc) is 3.40. The minimum absolute atomic E-state index is 0.00697. The van der Waals surface area contributed by atoms with Crippen molar-refractivity contribution < 1.29 is 23.5 Å². The van der Waals surface area contributed by atoms with Gasteiger partial charge in [-0.1, -0.05) is 47.6 Å². The highest BCUT2D eigenvalue weighted by molar-refractivity contribution is 7.99. The van der Waals surface area contributed by atoms with E-state index in [2.05, 4.69) is 15.5 Å². The van der Waals surface area contributed by atoms with Crippen LogP contribution in [0.4, 0.5) is 10.1 Å². The van der Waals surface area contributed by atoms with E-state index >= 15 is 0 Å². The highest BCUT2D eigenvalue weighted by Gasteiger charge is 2.25. The first-order valence-corrected chi connectivity index (χ1v) is 14.2. The smallest absolute Gasteiger partial charge is 0.256 e. The molecule has 0 unspecified atom stereocenters. The lowest BCUT2D eigenvalue weighted by Gasteiger charge is -2.29. The Labute approximate surface area is 245 Å². The van der Waals surface area contributed by atoms with E-state index in [0.29, 0.717) is 34.7 Å². The first-order chi connectivity index (χ1) is 19.9. The molecule has 2 amide bonds. The lowest BCUT2D eigenvalue weighted by atomic mass is 10.0. The van der Waals surface area contributed by atoms with Crippen LogP contribution in [0.5, 0.6) is 11.5 Å². The third-order valence-corrected chi connectivity index (χ3v) is 7.89. The van der Waals surface area contributed by atoms with Crippen molar-refractivity contribution in [3.8, 4) is 17.2 Å². The molecule has 0 saturated carbocycles. The molecular weight excluding hydrogens is 569 g/mol. The fraction of sp³-hybridized carbons (Fsp3) is 0.241. The van der Waals surface area contributed by atoms with Crippen LogP contribution in [0.3, 0.4) is 0 Å². The van der Waals surface area contributed by atoms with Gasteiger partial charge in [-0.3, -0.25) is 14.2 Å². The summed E-state index contributed by atoms with van der Waals surface area (Å²) in [5.41, 5.74) is 2.36. The predicted molar refractivity (Wildman–Crippen MR) is 155 cm³/mol. The van der Waals surface area contributed by atoms with Gasteiger partial charge in [0.25, 0.3) is 5.91 Å². The van der Waals surface area contributed by atoms with Crippen LogP contribution in [-0.2, 0) is 17.8 Å². The number of nitrogens with zero attached hydrogens (tertiary/aromatic N) is 4. The Morgan fingerprint density at radius 3 is 2.66 bits per heavy atom. The van der Waals surface area contributed by atoms with Crippen LogP contribution in [0, 0.1) is 5.82 Å². The molecule has 5 rings (SSSR count). The fourth-order valence-corrected chi connectivity index (χ4v) is 5.77. The maximum absolute atomic E-state index is 14.3. The molecular formula is C29H27ClFN5O4S. The van der Waals surface area contributed by atoms with Gasteiger partial charge in [-0.05, 0) is 48.7 Å².